The van der Waals surface area contributed by atoms with Crippen molar-refractivity contribution in [3.63, 3.8) is 0 Å². The molecule has 5 nitrogen and oxygen atoms in total. The number of likely N-dealkylation sites (tertiary alicyclic amines) is 1. The van der Waals surface area contributed by atoms with E-state index in [1.54, 1.807) is 0 Å². The summed E-state index contributed by atoms with van der Waals surface area (Å²) >= 11 is 0. The first-order valence-electron chi connectivity index (χ1n) is 5.41. The fourth-order valence-corrected chi connectivity index (χ4v) is 2.08. The minimum atomic E-state index is 0.295. The summed E-state index contributed by atoms with van der Waals surface area (Å²) < 4.78 is 4.66. The summed E-state index contributed by atoms with van der Waals surface area (Å²) in [4.78, 5) is 2.34. The number of hydrogen-bond acceptors (Lipinski definition) is 5. The third-order valence-corrected chi connectivity index (χ3v) is 3.03. The van der Waals surface area contributed by atoms with Gasteiger partial charge in [0.2, 0.25) is 0 Å². The van der Waals surface area contributed by atoms with E-state index in [2.05, 4.69) is 19.8 Å². The highest BCUT2D eigenvalue weighted by Gasteiger charge is 2.23. The molecule has 0 aliphatic carbocycles. The van der Waals surface area contributed by atoms with Gasteiger partial charge in [0.05, 0.1) is 0 Å². The zero-order valence-electron chi connectivity index (χ0n) is 9.02. The lowest BCUT2D eigenvalue weighted by Gasteiger charge is -2.13. The summed E-state index contributed by atoms with van der Waals surface area (Å²) in [5.74, 6) is 0.634. The predicted molar refractivity (Wildman–Crippen MR) is 54.1 cm³/mol. The van der Waals surface area contributed by atoms with Crippen LogP contribution in [0, 0.1) is 12.8 Å². The van der Waals surface area contributed by atoms with Crippen LogP contribution in [0.1, 0.15) is 24.2 Å². The van der Waals surface area contributed by atoms with Gasteiger partial charge in [-0.3, -0.25) is 4.90 Å². The van der Waals surface area contributed by atoms with Crippen molar-refractivity contribution in [2.45, 2.75) is 26.3 Å². The smallest absolute Gasteiger partial charge is 0.122 e. The standard InChI is InChI=1S/C10H17N3O2/c1-8-10(12-15-11-8)7-13-4-2-9(6-13)3-5-14/h9,14H,2-7H2,1H3. The van der Waals surface area contributed by atoms with Crippen molar-refractivity contribution in [2.24, 2.45) is 5.92 Å². The Kier molecular flexibility index (Phi) is 3.33. The summed E-state index contributed by atoms with van der Waals surface area (Å²) in [6, 6.07) is 0. The summed E-state index contributed by atoms with van der Waals surface area (Å²) in [7, 11) is 0. The monoisotopic (exact) mass is 211 g/mol. The molecule has 15 heavy (non-hydrogen) atoms. The molecule has 84 valence electrons. The first-order valence-corrected chi connectivity index (χ1v) is 5.41. The molecule has 1 N–H and O–H groups in total. The molecule has 1 aromatic rings. The van der Waals surface area contributed by atoms with E-state index < -0.39 is 0 Å². The highest BCUT2D eigenvalue weighted by Crippen LogP contribution is 2.20. The van der Waals surface area contributed by atoms with E-state index in [4.69, 9.17) is 5.11 Å². The number of aliphatic hydroxyl groups is 1. The lowest BCUT2D eigenvalue weighted by Crippen LogP contribution is -2.21. The van der Waals surface area contributed by atoms with Crippen LogP contribution in [0.5, 0.6) is 0 Å². The van der Waals surface area contributed by atoms with Crippen molar-refractivity contribution in [3.05, 3.63) is 11.4 Å². The van der Waals surface area contributed by atoms with Crippen molar-refractivity contribution >= 4 is 0 Å². The number of nitrogens with zero attached hydrogens (tertiary/aromatic N) is 3. The molecule has 0 radical (unpaired) electrons. The molecule has 0 amide bonds. The van der Waals surface area contributed by atoms with E-state index >= 15 is 0 Å². The summed E-state index contributed by atoms with van der Waals surface area (Å²) in [5, 5.41) is 16.5. The minimum absolute atomic E-state index is 0.295. The van der Waals surface area contributed by atoms with Crippen LogP contribution >= 0.6 is 0 Å². The molecule has 1 aliphatic heterocycles. The molecule has 1 fully saturated rings. The lowest BCUT2D eigenvalue weighted by molar-refractivity contribution is 0.246. The summed E-state index contributed by atoms with van der Waals surface area (Å²) in [5.41, 5.74) is 1.81. The van der Waals surface area contributed by atoms with Crippen LogP contribution in [0.3, 0.4) is 0 Å². The van der Waals surface area contributed by atoms with Gasteiger partial charge >= 0.3 is 0 Å². The number of aryl methyl sites for hydroxylation is 1. The van der Waals surface area contributed by atoms with Crippen molar-refractivity contribution in [1.29, 1.82) is 0 Å². The lowest BCUT2D eigenvalue weighted by atomic mass is 10.1. The van der Waals surface area contributed by atoms with E-state index in [1.807, 2.05) is 6.92 Å². The SMILES string of the molecule is Cc1nonc1CN1CCC(CCO)C1. The first-order chi connectivity index (χ1) is 7.29. The second-order valence-electron chi connectivity index (χ2n) is 4.20. The zero-order valence-corrected chi connectivity index (χ0v) is 9.02. The van der Waals surface area contributed by atoms with Gasteiger partial charge in [-0.15, -0.1) is 0 Å². The van der Waals surface area contributed by atoms with Crippen molar-refractivity contribution < 1.29 is 9.74 Å². The maximum absolute atomic E-state index is 8.86. The average Bonchev–Trinajstić information content (AvgIpc) is 2.79. The molecule has 1 aliphatic rings. The molecule has 0 aromatic carbocycles. The third kappa shape index (κ3) is 2.54. The number of hydrogen-bond donors (Lipinski definition) is 1. The predicted octanol–water partition coefficient (Wildman–Crippen LogP) is 0.582. The van der Waals surface area contributed by atoms with Crippen LogP contribution in [0.25, 0.3) is 0 Å². The average molecular weight is 211 g/mol. The minimum Gasteiger partial charge on any atom is -0.396 e. The van der Waals surface area contributed by atoms with Crippen LogP contribution in [-0.2, 0) is 6.54 Å². The van der Waals surface area contributed by atoms with Gasteiger partial charge in [-0.05, 0) is 32.2 Å². The molecule has 0 saturated carbocycles. The van der Waals surface area contributed by atoms with E-state index in [1.165, 1.54) is 6.42 Å². The molecule has 2 heterocycles. The molecule has 1 atom stereocenters. The van der Waals surface area contributed by atoms with Crippen molar-refractivity contribution in [2.75, 3.05) is 19.7 Å². The second kappa shape index (κ2) is 4.72. The maximum atomic E-state index is 8.86. The van der Waals surface area contributed by atoms with E-state index in [0.717, 1.165) is 37.4 Å². The molecule has 1 unspecified atom stereocenters. The number of aliphatic hydroxyl groups excluding tert-OH is 1. The number of aromatic nitrogens is 2. The molecular weight excluding hydrogens is 194 g/mol. The van der Waals surface area contributed by atoms with Gasteiger partial charge in [0.25, 0.3) is 0 Å². The van der Waals surface area contributed by atoms with Gasteiger partial charge in [-0.1, -0.05) is 10.3 Å². The van der Waals surface area contributed by atoms with Gasteiger partial charge in [0, 0.05) is 19.7 Å². The van der Waals surface area contributed by atoms with Crippen molar-refractivity contribution in [3.8, 4) is 0 Å². The Morgan fingerprint density at radius 2 is 2.40 bits per heavy atom. The Bertz CT molecular complexity index is 313. The fraction of sp³-hybridized carbons (Fsp3) is 0.800. The van der Waals surface area contributed by atoms with Gasteiger partial charge in [-0.25, -0.2) is 4.63 Å². The third-order valence-electron chi connectivity index (χ3n) is 3.03. The van der Waals surface area contributed by atoms with Crippen LogP contribution in [0.2, 0.25) is 0 Å². The normalized spacial score (nSPS) is 22.4. The fourth-order valence-electron chi connectivity index (χ4n) is 2.08. The molecule has 1 saturated heterocycles. The molecule has 1 aromatic heterocycles. The molecule has 2 rings (SSSR count). The topological polar surface area (TPSA) is 62.4 Å². The largest absolute Gasteiger partial charge is 0.396 e. The Morgan fingerprint density at radius 3 is 3.07 bits per heavy atom. The second-order valence-corrected chi connectivity index (χ2v) is 4.20. The Labute approximate surface area is 89.0 Å². The quantitative estimate of drug-likeness (QED) is 0.789. The summed E-state index contributed by atoms with van der Waals surface area (Å²) in [6.45, 7) is 5.15. The van der Waals surface area contributed by atoms with E-state index in [0.29, 0.717) is 12.5 Å². The highest BCUT2D eigenvalue weighted by atomic mass is 16.6. The molecular formula is C10H17N3O2. The van der Waals surface area contributed by atoms with Gasteiger partial charge in [-0.2, -0.15) is 0 Å². The molecule has 5 heteroatoms. The van der Waals surface area contributed by atoms with Crippen LogP contribution in [0.15, 0.2) is 4.63 Å². The maximum Gasteiger partial charge on any atom is 0.122 e. The Balaban J connectivity index is 1.85. The van der Waals surface area contributed by atoms with Gasteiger partial charge < -0.3 is 5.11 Å². The highest BCUT2D eigenvalue weighted by molar-refractivity contribution is 5.04. The first kappa shape index (κ1) is 10.6. The summed E-state index contributed by atoms with van der Waals surface area (Å²) in [6.07, 6.45) is 2.08. The molecule has 0 bridgehead atoms. The van der Waals surface area contributed by atoms with Crippen LogP contribution < -0.4 is 0 Å². The number of rotatable bonds is 4. The van der Waals surface area contributed by atoms with Gasteiger partial charge in [0.15, 0.2) is 0 Å². The Morgan fingerprint density at radius 1 is 1.53 bits per heavy atom. The van der Waals surface area contributed by atoms with Crippen LogP contribution in [-0.4, -0.2) is 40.0 Å². The van der Waals surface area contributed by atoms with E-state index in [-0.39, 0.29) is 0 Å². The van der Waals surface area contributed by atoms with E-state index in [9.17, 15) is 0 Å². The van der Waals surface area contributed by atoms with Crippen molar-refractivity contribution in [1.82, 2.24) is 15.2 Å². The van der Waals surface area contributed by atoms with Gasteiger partial charge in [0.1, 0.15) is 11.4 Å². The Hall–Kier alpha value is -0.940. The zero-order chi connectivity index (χ0) is 10.7. The van der Waals surface area contributed by atoms with Crippen LogP contribution in [0.4, 0.5) is 0 Å². The molecule has 0 spiro atoms.